The van der Waals surface area contributed by atoms with Crippen LogP contribution in [0.5, 0.6) is 5.75 Å². The molecule has 0 spiro atoms. The van der Waals surface area contributed by atoms with E-state index in [0.29, 0.717) is 5.56 Å². The first kappa shape index (κ1) is 15.5. The summed E-state index contributed by atoms with van der Waals surface area (Å²) >= 11 is 0. The first-order chi connectivity index (χ1) is 10.4. The summed E-state index contributed by atoms with van der Waals surface area (Å²) in [5.41, 5.74) is 0.591. The third-order valence-corrected chi connectivity index (χ3v) is 3.93. The summed E-state index contributed by atoms with van der Waals surface area (Å²) < 4.78 is 23.9. The van der Waals surface area contributed by atoms with Crippen molar-refractivity contribution in [2.75, 3.05) is 0 Å². The van der Waals surface area contributed by atoms with Gasteiger partial charge in [0.05, 0.1) is 16.7 Å². The summed E-state index contributed by atoms with van der Waals surface area (Å²) in [7, 11) is -3.87. The van der Waals surface area contributed by atoms with Gasteiger partial charge in [-0.2, -0.15) is 13.5 Å². The fourth-order valence-corrected chi connectivity index (χ4v) is 2.35. The van der Waals surface area contributed by atoms with Crippen molar-refractivity contribution in [2.24, 2.45) is 5.10 Å². The molecule has 8 heteroatoms. The van der Waals surface area contributed by atoms with Crippen LogP contribution in [-0.2, 0) is 10.0 Å². The maximum absolute atomic E-state index is 11.9. The van der Waals surface area contributed by atoms with Crippen LogP contribution in [0, 0.1) is 0 Å². The number of carboxylic acids is 1. The Labute approximate surface area is 126 Å². The van der Waals surface area contributed by atoms with Crippen molar-refractivity contribution in [3.63, 3.8) is 0 Å². The number of nitrogens with zero attached hydrogens (tertiary/aromatic N) is 1. The molecule has 2 aromatic carbocycles. The van der Waals surface area contributed by atoms with E-state index in [-0.39, 0.29) is 16.2 Å². The molecule has 3 N–H and O–H groups in total. The Kier molecular flexibility index (Phi) is 4.42. The van der Waals surface area contributed by atoms with Gasteiger partial charge in [0.2, 0.25) is 0 Å². The molecule has 0 amide bonds. The van der Waals surface area contributed by atoms with E-state index in [1.807, 2.05) is 4.83 Å². The first-order valence-electron chi connectivity index (χ1n) is 6.06. The van der Waals surface area contributed by atoms with Gasteiger partial charge in [0.15, 0.2) is 0 Å². The van der Waals surface area contributed by atoms with Crippen molar-refractivity contribution in [3.8, 4) is 5.75 Å². The monoisotopic (exact) mass is 320 g/mol. The number of nitrogens with one attached hydrogen (secondary N) is 1. The number of benzene rings is 2. The number of phenolic OH excluding ortho intramolecular Hbond substituents is 1. The van der Waals surface area contributed by atoms with Gasteiger partial charge in [-0.25, -0.2) is 9.63 Å². The number of hydrazone groups is 1. The van der Waals surface area contributed by atoms with E-state index in [4.69, 9.17) is 10.2 Å². The Morgan fingerprint density at radius 2 is 1.64 bits per heavy atom. The van der Waals surface area contributed by atoms with E-state index in [0.717, 1.165) is 0 Å². The zero-order chi connectivity index (χ0) is 16.2. The van der Waals surface area contributed by atoms with E-state index in [2.05, 4.69) is 5.10 Å². The molecular weight excluding hydrogens is 308 g/mol. The predicted molar refractivity (Wildman–Crippen MR) is 79.4 cm³/mol. The minimum Gasteiger partial charge on any atom is -0.508 e. The lowest BCUT2D eigenvalue weighted by Crippen LogP contribution is -2.18. The van der Waals surface area contributed by atoms with E-state index in [9.17, 15) is 13.2 Å². The van der Waals surface area contributed by atoms with Gasteiger partial charge in [-0.3, -0.25) is 0 Å². The fraction of sp³-hybridized carbons (Fsp3) is 0. The Hall–Kier alpha value is -2.87. The summed E-state index contributed by atoms with van der Waals surface area (Å²) in [6.07, 6.45) is 1.28. The highest BCUT2D eigenvalue weighted by atomic mass is 32.2. The van der Waals surface area contributed by atoms with Crippen LogP contribution in [0.25, 0.3) is 0 Å². The van der Waals surface area contributed by atoms with Crippen molar-refractivity contribution >= 4 is 22.2 Å². The summed E-state index contributed by atoms with van der Waals surface area (Å²) in [6, 6.07) is 10.8. The highest BCUT2D eigenvalue weighted by molar-refractivity contribution is 7.89. The maximum atomic E-state index is 11.9. The van der Waals surface area contributed by atoms with Crippen molar-refractivity contribution < 1.29 is 23.4 Å². The topological polar surface area (TPSA) is 116 Å². The molecule has 7 nitrogen and oxygen atoms in total. The van der Waals surface area contributed by atoms with Crippen LogP contribution in [-0.4, -0.2) is 30.8 Å². The van der Waals surface area contributed by atoms with Gasteiger partial charge in [-0.1, -0.05) is 0 Å². The molecule has 0 atom stereocenters. The van der Waals surface area contributed by atoms with Crippen LogP contribution in [0.1, 0.15) is 15.9 Å². The van der Waals surface area contributed by atoms with Crippen LogP contribution >= 0.6 is 0 Å². The number of sulfonamides is 1. The number of hydrogen-bond donors (Lipinski definition) is 3. The normalized spacial score (nSPS) is 11.5. The van der Waals surface area contributed by atoms with Crippen molar-refractivity contribution in [3.05, 3.63) is 59.7 Å². The highest BCUT2D eigenvalue weighted by Crippen LogP contribution is 2.11. The van der Waals surface area contributed by atoms with Crippen LogP contribution in [0.15, 0.2) is 58.5 Å². The minimum atomic E-state index is -3.87. The quantitative estimate of drug-likeness (QED) is 0.569. The van der Waals surface area contributed by atoms with Gasteiger partial charge < -0.3 is 10.2 Å². The molecule has 0 fully saturated rings. The largest absolute Gasteiger partial charge is 0.508 e. The third-order valence-electron chi connectivity index (χ3n) is 2.69. The van der Waals surface area contributed by atoms with Crippen molar-refractivity contribution in [2.45, 2.75) is 4.90 Å². The number of carbonyl (C=O) groups is 1. The second-order valence-electron chi connectivity index (χ2n) is 4.27. The minimum absolute atomic E-state index is 0.00783. The third kappa shape index (κ3) is 3.83. The zero-order valence-electron chi connectivity index (χ0n) is 11.2. The van der Waals surface area contributed by atoms with E-state index in [1.54, 1.807) is 12.1 Å². The van der Waals surface area contributed by atoms with Gasteiger partial charge in [0, 0.05) is 0 Å². The summed E-state index contributed by atoms with van der Waals surface area (Å²) in [6.45, 7) is 0. The second-order valence-corrected chi connectivity index (χ2v) is 5.93. The molecule has 0 heterocycles. The average Bonchev–Trinajstić information content (AvgIpc) is 2.49. The lowest BCUT2D eigenvalue weighted by atomic mass is 10.2. The molecule has 0 aliphatic carbocycles. The molecule has 0 bridgehead atoms. The smallest absolute Gasteiger partial charge is 0.335 e. The number of carboxylic acid groups (broad SMARTS) is 1. The first-order valence-corrected chi connectivity index (χ1v) is 7.54. The molecule has 0 unspecified atom stereocenters. The van der Waals surface area contributed by atoms with Gasteiger partial charge in [0.1, 0.15) is 5.75 Å². The molecule has 114 valence electrons. The molecule has 22 heavy (non-hydrogen) atoms. The number of phenols is 1. The molecule has 0 radical (unpaired) electrons. The maximum Gasteiger partial charge on any atom is 0.335 e. The molecular formula is C14H12N2O5S. The second kappa shape index (κ2) is 6.27. The summed E-state index contributed by atoms with van der Waals surface area (Å²) in [5, 5.41) is 21.5. The van der Waals surface area contributed by atoms with Gasteiger partial charge in [0.25, 0.3) is 10.0 Å². The van der Waals surface area contributed by atoms with Gasteiger partial charge >= 0.3 is 5.97 Å². The summed E-state index contributed by atoms with van der Waals surface area (Å²) in [4.78, 5) is 12.6. The molecule has 0 aliphatic rings. The Morgan fingerprint density at radius 3 is 2.18 bits per heavy atom. The summed E-state index contributed by atoms with van der Waals surface area (Å²) in [5.74, 6) is -1.04. The van der Waals surface area contributed by atoms with Gasteiger partial charge in [-0.05, 0) is 54.1 Å². The molecule has 0 aromatic heterocycles. The Bertz CT molecular complexity index is 796. The molecule has 0 aliphatic heterocycles. The number of aromatic carboxylic acids is 1. The number of rotatable bonds is 5. The lowest BCUT2D eigenvalue weighted by molar-refractivity contribution is 0.0696. The van der Waals surface area contributed by atoms with Crippen molar-refractivity contribution in [1.29, 1.82) is 0 Å². The lowest BCUT2D eigenvalue weighted by Gasteiger charge is -2.03. The predicted octanol–water partition coefficient (Wildman–Crippen LogP) is 1.40. The van der Waals surface area contributed by atoms with Gasteiger partial charge in [-0.15, -0.1) is 0 Å². The van der Waals surface area contributed by atoms with E-state index < -0.39 is 16.0 Å². The highest BCUT2D eigenvalue weighted by Gasteiger charge is 2.13. The number of aromatic hydroxyl groups is 1. The SMILES string of the molecule is O=C(O)c1ccc(S(=O)(=O)N/N=C/c2ccc(O)cc2)cc1. The molecule has 0 saturated carbocycles. The van der Waals surface area contributed by atoms with E-state index >= 15 is 0 Å². The molecule has 0 saturated heterocycles. The Morgan fingerprint density at radius 1 is 1.05 bits per heavy atom. The van der Waals surface area contributed by atoms with E-state index in [1.165, 1.54) is 42.6 Å². The molecule has 2 rings (SSSR count). The zero-order valence-corrected chi connectivity index (χ0v) is 12.0. The van der Waals surface area contributed by atoms with Crippen LogP contribution in [0.4, 0.5) is 0 Å². The van der Waals surface area contributed by atoms with Crippen LogP contribution in [0.2, 0.25) is 0 Å². The average molecular weight is 320 g/mol. The van der Waals surface area contributed by atoms with Crippen LogP contribution in [0.3, 0.4) is 0 Å². The van der Waals surface area contributed by atoms with Crippen LogP contribution < -0.4 is 4.83 Å². The Balaban J connectivity index is 2.10. The fourth-order valence-electron chi connectivity index (χ4n) is 1.56. The number of hydrogen-bond acceptors (Lipinski definition) is 5. The molecule has 2 aromatic rings. The van der Waals surface area contributed by atoms with Crippen molar-refractivity contribution in [1.82, 2.24) is 4.83 Å². The standard InChI is InChI=1S/C14H12N2O5S/c17-12-5-1-10(2-6-12)9-15-16-22(20,21)13-7-3-11(4-8-13)14(18)19/h1-9,16-17H,(H,18,19)/b15-9+.